The summed E-state index contributed by atoms with van der Waals surface area (Å²) in [4.78, 5) is 24.8. The van der Waals surface area contributed by atoms with Crippen LogP contribution in [0.2, 0.25) is 0 Å². The van der Waals surface area contributed by atoms with Gasteiger partial charge < -0.3 is 15.2 Å². The monoisotopic (exact) mass is 451 g/mol. The summed E-state index contributed by atoms with van der Waals surface area (Å²) >= 11 is 1.35. The second kappa shape index (κ2) is 11.5. The lowest BCUT2D eigenvalue weighted by molar-refractivity contribution is -0.118. The Morgan fingerprint density at radius 3 is 2.47 bits per heavy atom. The lowest BCUT2D eigenvalue weighted by Crippen LogP contribution is -2.29. The van der Waals surface area contributed by atoms with Gasteiger partial charge in [-0.1, -0.05) is 59.8 Å². The first-order valence-corrected chi connectivity index (χ1v) is 11.7. The van der Waals surface area contributed by atoms with Crippen molar-refractivity contribution in [3.63, 3.8) is 0 Å². The number of benzene rings is 2. The highest BCUT2D eigenvalue weighted by molar-refractivity contribution is 7.99. The Labute approximate surface area is 193 Å². The van der Waals surface area contributed by atoms with Crippen LogP contribution in [0.15, 0.2) is 59.8 Å². The second-order valence-electron chi connectivity index (χ2n) is 7.52. The quantitative estimate of drug-likeness (QED) is 0.460. The molecule has 2 aromatic carbocycles. The molecule has 0 aliphatic carbocycles. The molecule has 32 heavy (non-hydrogen) atoms. The van der Waals surface area contributed by atoms with Gasteiger partial charge >= 0.3 is 0 Å². The maximum Gasteiger partial charge on any atom is 0.251 e. The topological polar surface area (TPSA) is 88.9 Å². The minimum absolute atomic E-state index is 0.0427. The Morgan fingerprint density at radius 1 is 1.06 bits per heavy atom. The van der Waals surface area contributed by atoms with Crippen molar-refractivity contribution in [2.45, 2.75) is 44.9 Å². The third-order valence-electron chi connectivity index (χ3n) is 5.02. The largest absolute Gasteiger partial charge is 0.355 e. The van der Waals surface area contributed by atoms with E-state index in [0.29, 0.717) is 29.6 Å². The molecule has 0 unspecified atom stereocenters. The molecule has 0 radical (unpaired) electrons. The van der Waals surface area contributed by atoms with Gasteiger partial charge in [-0.2, -0.15) is 0 Å². The highest BCUT2D eigenvalue weighted by Crippen LogP contribution is 2.20. The molecule has 0 fully saturated rings. The van der Waals surface area contributed by atoms with Gasteiger partial charge in [-0.25, -0.2) is 0 Å². The summed E-state index contributed by atoms with van der Waals surface area (Å²) in [5.74, 6) is 0.728. The summed E-state index contributed by atoms with van der Waals surface area (Å²) in [6.07, 6.45) is 0.796. The SMILES string of the molecule is CCn1c(SCC(=O)NCCc2ccccc2)nnc1[C@H](C)NC(=O)c1ccc(C)cc1. The number of aromatic nitrogens is 3. The summed E-state index contributed by atoms with van der Waals surface area (Å²) in [6, 6.07) is 17.2. The highest BCUT2D eigenvalue weighted by Gasteiger charge is 2.20. The van der Waals surface area contributed by atoms with Crippen LogP contribution >= 0.6 is 11.8 Å². The van der Waals surface area contributed by atoms with Crippen molar-refractivity contribution in [1.82, 2.24) is 25.4 Å². The lowest BCUT2D eigenvalue weighted by atomic mass is 10.1. The molecule has 2 amide bonds. The van der Waals surface area contributed by atoms with Gasteiger partial charge in [0.05, 0.1) is 11.8 Å². The van der Waals surface area contributed by atoms with Gasteiger partial charge in [0.25, 0.3) is 5.91 Å². The third-order valence-corrected chi connectivity index (χ3v) is 5.99. The number of aryl methyl sites for hydroxylation is 1. The van der Waals surface area contributed by atoms with Gasteiger partial charge in [0.1, 0.15) is 0 Å². The number of hydrogen-bond acceptors (Lipinski definition) is 5. The molecule has 0 saturated carbocycles. The average molecular weight is 452 g/mol. The lowest BCUT2D eigenvalue weighted by Gasteiger charge is -2.15. The fourth-order valence-electron chi connectivity index (χ4n) is 3.25. The first-order valence-electron chi connectivity index (χ1n) is 10.7. The third kappa shape index (κ3) is 6.43. The molecule has 2 N–H and O–H groups in total. The molecule has 0 spiro atoms. The van der Waals surface area contributed by atoms with E-state index in [2.05, 4.69) is 20.8 Å². The Kier molecular flexibility index (Phi) is 8.44. The number of nitrogens with one attached hydrogen (secondary N) is 2. The van der Waals surface area contributed by atoms with Crippen LogP contribution in [0.5, 0.6) is 0 Å². The first-order chi connectivity index (χ1) is 15.5. The summed E-state index contributed by atoms with van der Waals surface area (Å²) in [5, 5.41) is 15.1. The van der Waals surface area contributed by atoms with Crippen LogP contribution in [-0.2, 0) is 17.8 Å². The van der Waals surface area contributed by atoms with Gasteiger partial charge in [0.2, 0.25) is 5.91 Å². The smallest absolute Gasteiger partial charge is 0.251 e. The van der Waals surface area contributed by atoms with Crippen LogP contribution in [0.25, 0.3) is 0 Å². The van der Waals surface area contributed by atoms with Gasteiger partial charge in [0.15, 0.2) is 11.0 Å². The summed E-state index contributed by atoms with van der Waals surface area (Å²) in [7, 11) is 0. The van der Waals surface area contributed by atoms with Crippen molar-refractivity contribution in [3.8, 4) is 0 Å². The van der Waals surface area contributed by atoms with Crippen LogP contribution in [-0.4, -0.2) is 38.9 Å². The van der Waals surface area contributed by atoms with E-state index < -0.39 is 0 Å². The van der Waals surface area contributed by atoms with E-state index in [0.717, 1.165) is 12.0 Å². The Hall–Kier alpha value is -3.13. The van der Waals surface area contributed by atoms with E-state index in [1.165, 1.54) is 17.3 Å². The number of carbonyl (C=O) groups excluding carboxylic acids is 2. The maximum atomic E-state index is 12.5. The minimum atomic E-state index is -0.315. The van der Waals surface area contributed by atoms with Gasteiger partial charge in [-0.05, 0) is 44.9 Å². The van der Waals surface area contributed by atoms with Gasteiger partial charge in [0, 0.05) is 18.7 Å². The van der Waals surface area contributed by atoms with Crippen molar-refractivity contribution >= 4 is 23.6 Å². The van der Waals surface area contributed by atoms with Crippen molar-refractivity contribution < 1.29 is 9.59 Å². The molecule has 0 aliphatic heterocycles. The maximum absolute atomic E-state index is 12.5. The Balaban J connectivity index is 1.52. The molecule has 0 saturated heterocycles. The highest BCUT2D eigenvalue weighted by atomic mass is 32.2. The van der Waals surface area contributed by atoms with E-state index in [1.54, 1.807) is 12.1 Å². The average Bonchev–Trinajstić information content (AvgIpc) is 3.22. The van der Waals surface area contributed by atoms with E-state index >= 15 is 0 Å². The van der Waals surface area contributed by atoms with Gasteiger partial charge in [-0.15, -0.1) is 10.2 Å². The summed E-state index contributed by atoms with van der Waals surface area (Å²) < 4.78 is 1.93. The van der Waals surface area contributed by atoms with Crippen LogP contribution < -0.4 is 10.6 Å². The number of amides is 2. The molecule has 0 bridgehead atoms. The predicted molar refractivity (Wildman–Crippen MR) is 127 cm³/mol. The fraction of sp³-hybridized carbons (Fsp3) is 0.333. The number of nitrogens with zero attached hydrogens (tertiary/aromatic N) is 3. The molecule has 1 heterocycles. The molecule has 1 aromatic heterocycles. The molecule has 1 atom stereocenters. The van der Waals surface area contributed by atoms with Crippen molar-refractivity contribution in [2.75, 3.05) is 12.3 Å². The van der Waals surface area contributed by atoms with Crippen molar-refractivity contribution in [1.29, 1.82) is 0 Å². The van der Waals surface area contributed by atoms with Crippen molar-refractivity contribution in [2.24, 2.45) is 0 Å². The zero-order chi connectivity index (χ0) is 22.9. The predicted octanol–water partition coefficient (Wildman–Crippen LogP) is 3.55. The second-order valence-corrected chi connectivity index (χ2v) is 8.46. The van der Waals surface area contributed by atoms with Gasteiger partial charge in [-0.3, -0.25) is 9.59 Å². The van der Waals surface area contributed by atoms with Crippen LogP contribution in [0.1, 0.15) is 47.2 Å². The standard InChI is InChI=1S/C24H29N5O2S/c1-4-29-22(18(3)26-23(31)20-12-10-17(2)11-13-20)27-28-24(29)32-16-21(30)25-15-14-19-8-6-5-7-9-19/h5-13,18H,4,14-16H2,1-3H3,(H,25,30)(H,26,31)/t18-/m0/s1. The normalized spacial score (nSPS) is 11.7. The van der Waals surface area contributed by atoms with E-state index in [9.17, 15) is 9.59 Å². The molecule has 7 nitrogen and oxygen atoms in total. The molecule has 3 rings (SSSR count). The zero-order valence-electron chi connectivity index (χ0n) is 18.7. The molecule has 168 valence electrons. The van der Waals surface area contributed by atoms with Crippen LogP contribution in [0.3, 0.4) is 0 Å². The van der Waals surface area contributed by atoms with Crippen LogP contribution in [0, 0.1) is 6.92 Å². The fourth-order valence-corrected chi connectivity index (χ4v) is 4.09. The molecular weight excluding hydrogens is 422 g/mol. The summed E-state index contributed by atoms with van der Waals surface area (Å²) in [6.45, 7) is 7.09. The molecule has 8 heteroatoms. The Morgan fingerprint density at radius 2 is 1.78 bits per heavy atom. The van der Waals surface area contributed by atoms with E-state index in [-0.39, 0.29) is 23.6 Å². The number of rotatable bonds is 10. The van der Waals surface area contributed by atoms with Crippen LogP contribution in [0.4, 0.5) is 0 Å². The zero-order valence-corrected chi connectivity index (χ0v) is 19.5. The summed E-state index contributed by atoms with van der Waals surface area (Å²) in [5.41, 5.74) is 2.90. The molecular formula is C24H29N5O2S. The number of thioether (sulfide) groups is 1. The molecule has 3 aromatic rings. The Bertz CT molecular complexity index is 1030. The molecule has 0 aliphatic rings. The first kappa shape index (κ1) is 23.5. The number of carbonyl (C=O) groups is 2. The van der Waals surface area contributed by atoms with E-state index in [4.69, 9.17) is 0 Å². The van der Waals surface area contributed by atoms with Crippen molar-refractivity contribution in [3.05, 3.63) is 77.1 Å². The minimum Gasteiger partial charge on any atom is -0.355 e. The van der Waals surface area contributed by atoms with E-state index in [1.807, 2.05) is 67.8 Å². The number of hydrogen-bond donors (Lipinski definition) is 2.